The van der Waals surface area contributed by atoms with Crippen LogP contribution in [-0.2, 0) is 6.54 Å². The second-order valence-corrected chi connectivity index (χ2v) is 5.13. The summed E-state index contributed by atoms with van der Waals surface area (Å²) < 4.78 is 13.1. The smallest absolute Gasteiger partial charge is 0.282 e. The van der Waals surface area contributed by atoms with Crippen LogP contribution in [0.15, 0.2) is 29.6 Å². The molecule has 1 amide bonds. The first-order valence-electron chi connectivity index (χ1n) is 5.74. The number of nitro groups is 1. The predicted molar refractivity (Wildman–Crippen MR) is 73.3 cm³/mol. The lowest BCUT2D eigenvalue weighted by Crippen LogP contribution is -2.23. The molecule has 20 heavy (non-hydrogen) atoms. The van der Waals surface area contributed by atoms with E-state index in [1.165, 1.54) is 11.3 Å². The molecule has 1 heterocycles. The lowest BCUT2D eigenvalue weighted by Gasteiger charge is -2.05. The maximum absolute atomic E-state index is 13.1. The molecule has 0 aliphatic heterocycles. The summed E-state index contributed by atoms with van der Waals surface area (Å²) in [7, 11) is 0. The van der Waals surface area contributed by atoms with Crippen molar-refractivity contribution in [2.75, 3.05) is 0 Å². The van der Waals surface area contributed by atoms with Crippen LogP contribution in [-0.4, -0.2) is 10.8 Å². The summed E-state index contributed by atoms with van der Waals surface area (Å²) in [6.45, 7) is 2.17. The molecule has 0 radical (unpaired) electrons. The third-order valence-electron chi connectivity index (χ3n) is 2.78. The maximum atomic E-state index is 13.1. The van der Waals surface area contributed by atoms with Gasteiger partial charge in [0.1, 0.15) is 11.4 Å². The molecule has 0 aliphatic rings. The molecule has 1 N–H and O–H groups in total. The van der Waals surface area contributed by atoms with Gasteiger partial charge in [0.15, 0.2) is 0 Å². The molecule has 1 aromatic heterocycles. The Morgan fingerprint density at radius 1 is 1.45 bits per heavy atom. The SMILES string of the molecule is Cc1ccsc1CNC(=O)c1cc(F)ccc1[N+](=O)[O-]. The van der Waals surface area contributed by atoms with Gasteiger partial charge in [-0.3, -0.25) is 14.9 Å². The number of amides is 1. The van der Waals surface area contributed by atoms with Gasteiger partial charge in [0.2, 0.25) is 0 Å². The van der Waals surface area contributed by atoms with E-state index in [9.17, 15) is 19.3 Å². The fourth-order valence-corrected chi connectivity index (χ4v) is 2.54. The summed E-state index contributed by atoms with van der Waals surface area (Å²) in [5, 5.41) is 15.3. The van der Waals surface area contributed by atoms with Crippen LogP contribution in [0.25, 0.3) is 0 Å². The lowest BCUT2D eigenvalue weighted by molar-refractivity contribution is -0.385. The summed E-state index contributed by atoms with van der Waals surface area (Å²) in [6, 6.07) is 4.73. The van der Waals surface area contributed by atoms with E-state index in [-0.39, 0.29) is 12.1 Å². The van der Waals surface area contributed by atoms with Gasteiger partial charge in [-0.15, -0.1) is 11.3 Å². The average molecular weight is 294 g/mol. The summed E-state index contributed by atoms with van der Waals surface area (Å²) in [5.74, 6) is -1.35. The second-order valence-electron chi connectivity index (χ2n) is 4.13. The molecule has 1 aromatic carbocycles. The molecular formula is C13H11FN2O3S. The van der Waals surface area contributed by atoms with Gasteiger partial charge in [0, 0.05) is 10.9 Å². The van der Waals surface area contributed by atoms with E-state index in [0.29, 0.717) is 0 Å². The molecule has 0 bridgehead atoms. The van der Waals surface area contributed by atoms with Crippen LogP contribution in [0.5, 0.6) is 0 Å². The number of carbonyl (C=O) groups excluding carboxylic acids is 1. The highest BCUT2D eigenvalue weighted by Crippen LogP contribution is 2.20. The van der Waals surface area contributed by atoms with Crippen LogP contribution in [0, 0.1) is 22.9 Å². The van der Waals surface area contributed by atoms with Crippen LogP contribution in [0.1, 0.15) is 20.8 Å². The minimum absolute atomic E-state index is 0.260. The molecule has 0 saturated carbocycles. The first-order chi connectivity index (χ1) is 9.49. The zero-order chi connectivity index (χ0) is 14.7. The first-order valence-corrected chi connectivity index (χ1v) is 6.62. The highest BCUT2D eigenvalue weighted by atomic mass is 32.1. The van der Waals surface area contributed by atoms with E-state index in [4.69, 9.17) is 0 Å². The Labute approximate surface area is 118 Å². The maximum Gasteiger partial charge on any atom is 0.282 e. The summed E-state index contributed by atoms with van der Waals surface area (Å²) in [5.41, 5.74) is 0.347. The summed E-state index contributed by atoms with van der Waals surface area (Å²) in [4.78, 5) is 23.0. The minimum Gasteiger partial charge on any atom is -0.347 e. The molecule has 2 rings (SSSR count). The number of rotatable bonds is 4. The molecule has 0 atom stereocenters. The standard InChI is InChI=1S/C13H11FN2O3S/c1-8-4-5-20-12(8)7-15-13(17)10-6-9(14)2-3-11(10)16(18)19/h2-6H,7H2,1H3,(H,15,17). The van der Waals surface area contributed by atoms with Gasteiger partial charge in [0.25, 0.3) is 11.6 Å². The molecule has 7 heteroatoms. The Balaban J connectivity index is 2.19. The van der Waals surface area contributed by atoms with E-state index in [1.54, 1.807) is 0 Å². The Hall–Kier alpha value is -2.28. The van der Waals surface area contributed by atoms with Crippen molar-refractivity contribution in [1.29, 1.82) is 0 Å². The van der Waals surface area contributed by atoms with Crippen molar-refractivity contribution in [1.82, 2.24) is 5.32 Å². The Bertz CT molecular complexity index is 669. The van der Waals surface area contributed by atoms with Gasteiger partial charge in [-0.2, -0.15) is 0 Å². The summed E-state index contributed by atoms with van der Waals surface area (Å²) in [6.07, 6.45) is 0. The van der Waals surface area contributed by atoms with Gasteiger partial charge >= 0.3 is 0 Å². The second kappa shape index (κ2) is 5.79. The molecule has 0 spiro atoms. The molecule has 0 saturated heterocycles. The van der Waals surface area contributed by atoms with Crippen molar-refractivity contribution in [3.8, 4) is 0 Å². The third-order valence-corrected chi connectivity index (χ3v) is 3.80. The van der Waals surface area contributed by atoms with E-state index >= 15 is 0 Å². The Kier molecular flexibility index (Phi) is 4.09. The van der Waals surface area contributed by atoms with Crippen molar-refractivity contribution in [3.63, 3.8) is 0 Å². The molecule has 2 aromatic rings. The molecule has 5 nitrogen and oxygen atoms in total. The topological polar surface area (TPSA) is 72.2 Å². The third kappa shape index (κ3) is 3.00. The van der Waals surface area contributed by atoms with Crippen molar-refractivity contribution >= 4 is 22.9 Å². The number of aryl methyl sites for hydroxylation is 1. The van der Waals surface area contributed by atoms with Gasteiger partial charge < -0.3 is 5.32 Å². The monoisotopic (exact) mass is 294 g/mol. The fourth-order valence-electron chi connectivity index (χ4n) is 1.69. The largest absolute Gasteiger partial charge is 0.347 e. The first kappa shape index (κ1) is 14.1. The highest BCUT2D eigenvalue weighted by molar-refractivity contribution is 7.10. The predicted octanol–water partition coefficient (Wildman–Crippen LogP) is 3.03. The van der Waals surface area contributed by atoms with Crippen LogP contribution >= 0.6 is 11.3 Å². The van der Waals surface area contributed by atoms with Crippen molar-refractivity contribution in [3.05, 3.63) is 61.6 Å². The van der Waals surface area contributed by atoms with E-state index in [2.05, 4.69) is 5.32 Å². The molecule has 0 aliphatic carbocycles. The minimum atomic E-state index is -0.704. The number of benzene rings is 1. The van der Waals surface area contributed by atoms with Crippen LogP contribution in [0.2, 0.25) is 0 Å². The number of nitro benzene ring substituents is 1. The number of hydrogen-bond acceptors (Lipinski definition) is 4. The number of halogens is 1. The highest BCUT2D eigenvalue weighted by Gasteiger charge is 2.20. The quantitative estimate of drug-likeness (QED) is 0.696. The van der Waals surface area contributed by atoms with Gasteiger partial charge in [-0.25, -0.2) is 4.39 Å². The van der Waals surface area contributed by atoms with Gasteiger partial charge in [-0.05, 0) is 36.1 Å². The lowest BCUT2D eigenvalue weighted by atomic mass is 10.1. The van der Waals surface area contributed by atoms with Crippen molar-refractivity contribution < 1.29 is 14.1 Å². The van der Waals surface area contributed by atoms with Gasteiger partial charge in [0.05, 0.1) is 11.5 Å². The van der Waals surface area contributed by atoms with Crippen molar-refractivity contribution in [2.24, 2.45) is 0 Å². The summed E-state index contributed by atoms with van der Waals surface area (Å²) >= 11 is 1.48. The number of nitrogens with one attached hydrogen (secondary N) is 1. The van der Waals surface area contributed by atoms with Crippen LogP contribution in [0.3, 0.4) is 0 Å². The molecule has 0 fully saturated rings. The average Bonchev–Trinajstić information content (AvgIpc) is 2.81. The van der Waals surface area contributed by atoms with E-state index < -0.39 is 22.3 Å². The van der Waals surface area contributed by atoms with Crippen molar-refractivity contribution in [2.45, 2.75) is 13.5 Å². The number of nitrogens with zero attached hydrogens (tertiary/aromatic N) is 1. The fraction of sp³-hybridized carbons (Fsp3) is 0.154. The number of hydrogen-bond donors (Lipinski definition) is 1. The zero-order valence-corrected chi connectivity index (χ0v) is 11.4. The van der Waals surface area contributed by atoms with E-state index in [0.717, 1.165) is 28.6 Å². The van der Waals surface area contributed by atoms with Gasteiger partial charge in [-0.1, -0.05) is 0 Å². The number of carbonyl (C=O) groups is 1. The Morgan fingerprint density at radius 3 is 2.80 bits per heavy atom. The van der Waals surface area contributed by atoms with Crippen LogP contribution < -0.4 is 5.32 Å². The normalized spacial score (nSPS) is 10.3. The number of thiophene rings is 1. The van der Waals surface area contributed by atoms with Crippen LogP contribution in [0.4, 0.5) is 10.1 Å². The Morgan fingerprint density at radius 2 is 2.20 bits per heavy atom. The zero-order valence-electron chi connectivity index (χ0n) is 10.6. The van der Waals surface area contributed by atoms with E-state index in [1.807, 2.05) is 18.4 Å². The molecule has 0 unspecified atom stereocenters. The molecular weight excluding hydrogens is 283 g/mol. The molecule has 104 valence electrons.